The first-order valence-corrected chi connectivity index (χ1v) is 7.03. The lowest BCUT2D eigenvalue weighted by atomic mass is 10.1. The van der Waals surface area contributed by atoms with Gasteiger partial charge in [-0.05, 0) is 18.2 Å². The summed E-state index contributed by atoms with van der Waals surface area (Å²) in [5.41, 5.74) is 6.85. The summed E-state index contributed by atoms with van der Waals surface area (Å²) in [5, 5.41) is 3.00. The Morgan fingerprint density at radius 3 is 2.13 bits per heavy atom. The van der Waals surface area contributed by atoms with Gasteiger partial charge in [0.1, 0.15) is 22.9 Å². The molecule has 0 bridgehead atoms. The SMILES string of the molecule is COc1cc(OC)cc(C(=O)Nc2c(Cl)cc(N)cc2OC)c1. The number of nitrogen functional groups attached to an aromatic ring is 1. The van der Waals surface area contributed by atoms with Crippen LogP contribution in [0.15, 0.2) is 30.3 Å². The van der Waals surface area contributed by atoms with Crippen molar-refractivity contribution >= 4 is 28.9 Å². The number of nitrogens with two attached hydrogens (primary N) is 1. The summed E-state index contributed by atoms with van der Waals surface area (Å²) in [6, 6.07) is 7.97. The Balaban J connectivity index is 2.36. The minimum atomic E-state index is -0.382. The summed E-state index contributed by atoms with van der Waals surface area (Å²) < 4.78 is 15.5. The molecule has 3 N–H and O–H groups in total. The molecule has 0 aliphatic carbocycles. The number of carbonyl (C=O) groups excluding carboxylic acids is 1. The number of hydrogen-bond acceptors (Lipinski definition) is 5. The third-order valence-electron chi connectivity index (χ3n) is 3.15. The Morgan fingerprint density at radius 2 is 1.61 bits per heavy atom. The molecule has 2 aromatic carbocycles. The first kappa shape index (κ1) is 16.8. The van der Waals surface area contributed by atoms with Crippen molar-refractivity contribution in [1.29, 1.82) is 0 Å². The van der Waals surface area contributed by atoms with Gasteiger partial charge in [-0.15, -0.1) is 0 Å². The van der Waals surface area contributed by atoms with Crippen LogP contribution in [0.4, 0.5) is 11.4 Å². The van der Waals surface area contributed by atoms with E-state index in [9.17, 15) is 4.79 Å². The van der Waals surface area contributed by atoms with Crippen LogP contribution in [-0.4, -0.2) is 27.2 Å². The molecule has 0 saturated heterocycles. The van der Waals surface area contributed by atoms with Gasteiger partial charge >= 0.3 is 0 Å². The van der Waals surface area contributed by atoms with Crippen LogP contribution in [0, 0.1) is 0 Å². The van der Waals surface area contributed by atoms with E-state index in [-0.39, 0.29) is 10.9 Å². The zero-order chi connectivity index (χ0) is 17.0. The lowest BCUT2D eigenvalue weighted by Gasteiger charge is -2.14. The predicted molar refractivity (Wildman–Crippen MR) is 89.9 cm³/mol. The summed E-state index contributed by atoms with van der Waals surface area (Å²) in [6.07, 6.45) is 0. The molecule has 0 heterocycles. The highest BCUT2D eigenvalue weighted by molar-refractivity contribution is 6.34. The van der Waals surface area contributed by atoms with Crippen molar-refractivity contribution in [3.8, 4) is 17.2 Å². The molecule has 1 amide bonds. The van der Waals surface area contributed by atoms with Crippen LogP contribution in [0.5, 0.6) is 17.2 Å². The topological polar surface area (TPSA) is 82.8 Å². The molecular formula is C16H17ClN2O4. The molecule has 0 saturated carbocycles. The number of amides is 1. The zero-order valence-electron chi connectivity index (χ0n) is 13.0. The maximum absolute atomic E-state index is 12.5. The number of rotatable bonds is 5. The van der Waals surface area contributed by atoms with Gasteiger partial charge in [0, 0.05) is 23.4 Å². The molecule has 0 aliphatic rings. The first-order valence-electron chi connectivity index (χ1n) is 6.66. The second-order valence-electron chi connectivity index (χ2n) is 4.64. The molecule has 0 aromatic heterocycles. The molecule has 0 spiro atoms. The molecule has 2 rings (SSSR count). The molecule has 2 aromatic rings. The van der Waals surface area contributed by atoms with Gasteiger partial charge in [-0.2, -0.15) is 0 Å². The van der Waals surface area contributed by atoms with E-state index in [1.54, 1.807) is 24.3 Å². The predicted octanol–water partition coefficient (Wildman–Crippen LogP) is 3.20. The Morgan fingerprint density at radius 1 is 1.00 bits per heavy atom. The Labute approximate surface area is 139 Å². The van der Waals surface area contributed by atoms with E-state index in [4.69, 9.17) is 31.5 Å². The van der Waals surface area contributed by atoms with Gasteiger partial charge in [0.15, 0.2) is 0 Å². The minimum Gasteiger partial charge on any atom is -0.497 e. The molecule has 0 atom stereocenters. The van der Waals surface area contributed by atoms with Gasteiger partial charge in [-0.3, -0.25) is 4.79 Å². The summed E-state index contributed by atoms with van der Waals surface area (Å²) in [6.45, 7) is 0. The Bertz CT molecular complexity index is 712. The average Bonchev–Trinajstić information content (AvgIpc) is 2.56. The fraction of sp³-hybridized carbons (Fsp3) is 0.188. The van der Waals surface area contributed by atoms with E-state index in [1.165, 1.54) is 27.4 Å². The summed E-state index contributed by atoms with van der Waals surface area (Å²) in [4.78, 5) is 12.5. The van der Waals surface area contributed by atoms with Crippen LogP contribution in [0.1, 0.15) is 10.4 Å². The minimum absolute atomic E-state index is 0.282. The van der Waals surface area contributed by atoms with Crippen molar-refractivity contribution in [3.63, 3.8) is 0 Å². The van der Waals surface area contributed by atoms with Gasteiger partial charge in [-0.1, -0.05) is 11.6 Å². The highest BCUT2D eigenvalue weighted by atomic mass is 35.5. The lowest BCUT2D eigenvalue weighted by molar-refractivity contribution is 0.102. The number of anilines is 2. The number of ether oxygens (including phenoxy) is 3. The number of halogens is 1. The number of nitrogens with one attached hydrogen (secondary N) is 1. The molecule has 23 heavy (non-hydrogen) atoms. The third kappa shape index (κ3) is 3.78. The fourth-order valence-electron chi connectivity index (χ4n) is 2.01. The highest BCUT2D eigenvalue weighted by Gasteiger charge is 2.15. The Kier molecular flexibility index (Phi) is 5.18. The monoisotopic (exact) mass is 336 g/mol. The number of benzene rings is 2. The lowest BCUT2D eigenvalue weighted by Crippen LogP contribution is -2.13. The molecular weight excluding hydrogens is 320 g/mol. The third-order valence-corrected chi connectivity index (χ3v) is 3.45. The van der Waals surface area contributed by atoms with Crippen LogP contribution in [0.25, 0.3) is 0 Å². The van der Waals surface area contributed by atoms with Crippen LogP contribution in [0.3, 0.4) is 0 Å². The smallest absolute Gasteiger partial charge is 0.256 e. The maximum atomic E-state index is 12.5. The van der Waals surface area contributed by atoms with Gasteiger partial charge < -0.3 is 25.3 Å². The van der Waals surface area contributed by atoms with Crippen LogP contribution in [-0.2, 0) is 0 Å². The quantitative estimate of drug-likeness (QED) is 0.819. The average molecular weight is 337 g/mol. The summed E-state index contributed by atoms with van der Waals surface area (Å²) in [7, 11) is 4.49. The van der Waals surface area contributed by atoms with E-state index in [0.29, 0.717) is 34.2 Å². The zero-order valence-corrected chi connectivity index (χ0v) is 13.7. The van der Waals surface area contributed by atoms with Crippen molar-refractivity contribution in [2.75, 3.05) is 32.4 Å². The molecule has 0 radical (unpaired) electrons. The van der Waals surface area contributed by atoms with Crippen molar-refractivity contribution in [1.82, 2.24) is 0 Å². The van der Waals surface area contributed by atoms with Crippen LogP contribution < -0.4 is 25.3 Å². The van der Waals surface area contributed by atoms with E-state index < -0.39 is 0 Å². The number of methoxy groups -OCH3 is 3. The normalized spacial score (nSPS) is 10.1. The highest BCUT2D eigenvalue weighted by Crippen LogP contribution is 2.35. The van der Waals surface area contributed by atoms with Gasteiger partial charge in [0.2, 0.25) is 0 Å². The van der Waals surface area contributed by atoms with E-state index in [2.05, 4.69) is 5.32 Å². The van der Waals surface area contributed by atoms with Gasteiger partial charge in [-0.25, -0.2) is 0 Å². The van der Waals surface area contributed by atoms with E-state index in [0.717, 1.165) is 0 Å². The largest absolute Gasteiger partial charge is 0.497 e. The molecule has 122 valence electrons. The maximum Gasteiger partial charge on any atom is 0.256 e. The standard InChI is InChI=1S/C16H17ClN2O4/c1-21-11-4-9(5-12(8-11)22-2)16(20)19-15-13(17)6-10(18)7-14(15)23-3/h4-8H,18H2,1-3H3,(H,19,20). The molecule has 0 unspecified atom stereocenters. The van der Waals surface area contributed by atoms with Crippen molar-refractivity contribution in [2.24, 2.45) is 0 Å². The first-order chi connectivity index (χ1) is 11.0. The van der Waals surface area contributed by atoms with Crippen LogP contribution >= 0.6 is 11.6 Å². The van der Waals surface area contributed by atoms with Crippen LogP contribution in [0.2, 0.25) is 5.02 Å². The second kappa shape index (κ2) is 7.11. The number of carbonyl (C=O) groups is 1. The van der Waals surface area contributed by atoms with E-state index in [1.807, 2.05) is 0 Å². The van der Waals surface area contributed by atoms with E-state index >= 15 is 0 Å². The molecule has 6 nitrogen and oxygen atoms in total. The van der Waals surface area contributed by atoms with Gasteiger partial charge in [0.25, 0.3) is 5.91 Å². The summed E-state index contributed by atoms with van der Waals surface area (Å²) >= 11 is 6.14. The second-order valence-corrected chi connectivity index (χ2v) is 5.04. The Hall–Kier alpha value is -2.60. The summed E-state index contributed by atoms with van der Waals surface area (Å²) in [5.74, 6) is 1.00. The molecule has 0 fully saturated rings. The molecule has 0 aliphatic heterocycles. The van der Waals surface area contributed by atoms with Crippen molar-refractivity contribution in [3.05, 3.63) is 40.9 Å². The van der Waals surface area contributed by atoms with Gasteiger partial charge in [0.05, 0.1) is 26.4 Å². The fourth-order valence-corrected chi connectivity index (χ4v) is 2.27. The van der Waals surface area contributed by atoms with Crippen molar-refractivity contribution < 1.29 is 19.0 Å². The number of hydrogen-bond donors (Lipinski definition) is 2. The van der Waals surface area contributed by atoms with Crippen molar-refractivity contribution in [2.45, 2.75) is 0 Å². The molecule has 7 heteroatoms.